The largest absolute Gasteiger partial charge is 0.180 e. The second kappa shape index (κ2) is 5.04. The maximum atomic E-state index is 2.27. The number of hydrogen-bond donors (Lipinski definition) is 0. The van der Waals surface area contributed by atoms with Crippen LogP contribution in [0.25, 0.3) is 0 Å². The summed E-state index contributed by atoms with van der Waals surface area (Å²) >= 11 is 1.89. The van der Waals surface area contributed by atoms with Gasteiger partial charge in [-0.25, -0.2) is 0 Å². The predicted molar refractivity (Wildman–Crippen MR) is 85.6 cm³/mol. The molecule has 2 heteroatoms. The Labute approximate surface area is 126 Å². The van der Waals surface area contributed by atoms with Crippen LogP contribution in [0.5, 0.6) is 0 Å². The van der Waals surface area contributed by atoms with Crippen molar-refractivity contribution in [3.8, 4) is 0 Å². The van der Waals surface area contributed by atoms with Gasteiger partial charge in [0.25, 0.3) is 0 Å². The van der Waals surface area contributed by atoms with Gasteiger partial charge in [0.15, 0.2) is 14.7 Å². The highest BCUT2D eigenvalue weighted by Gasteiger charge is 2.37. The van der Waals surface area contributed by atoms with Crippen molar-refractivity contribution < 1.29 is 0 Å². The highest BCUT2D eigenvalue weighted by atomic mass is 32.2. The molecule has 3 aromatic rings. The van der Waals surface area contributed by atoms with Crippen LogP contribution >= 0.6 is 11.8 Å². The molecule has 0 aromatic heterocycles. The minimum atomic E-state index is 0.0212. The standard InChI is InChI=1S/C18H13S2/c1-2-8-14(9-3-1)20-17-12-6-4-10-15(17)19-16-11-5-7-13-18(16)20/h1-13H/q+1. The van der Waals surface area contributed by atoms with Crippen molar-refractivity contribution in [3.05, 3.63) is 78.9 Å². The quantitative estimate of drug-likeness (QED) is 0.432. The molecule has 4 rings (SSSR count). The van der Waals surface area contributed by atoms with Crippen LogP contribution in [0.1, 0.15) is 0 Å². The van der Waals surface area contributed by atoms with Crippen LogP contribution in [-0.2, 0) is 10.9 Å². The molecule has 0 fully saturated rings. The van der Waals surface area contributed by atoms with E-state index >= 15 is 0 Å². The van der Waals surface area contributed by atoms with E-state index in [4.69, 9.17) is 0 Å². The lowest BCUT2D eigenvalue weighted by Crippen LogP contribution is -2.10. The number of benzene rings is 3. The van der Waals surface area contributed by atoms with Gasteiger partial charge in [-0.3, -0.25) is 0 Å². The molecule has 0 nitrogen and oxygen atoms in total. The van der Waals surface area contributed by atoms with Gasteiger partial charge in [0.2, 0.25) is 0 Å². The molecule has 0 radical (unpaired) electrons. The Morgan fingerprint density at radius 2 is 1.05 bits per heavy atom. The molecule has 0 atom stereocenters. The van der Waals surface area contributed by atoms with Crippen LogP contribution in [0.3, 0.4) is 0 Å². The minimum absolute atomic E-state index is 0.0212. The van der Waals surface area contributed by atoms with E-state index < -0.39 is 0 Å². The third kappa shape index (κ3) is 1.96. The molecule has 0 bridgehead atoms. The Balaban J connectivity index is 1.98. The van der Waals surface area contributed by atoms with Gasteiger partial charge < -0.3 is 0 Å². The summed E-state index contributed by atoms with van der Waals surface area (Å²) in [6.45, 7) is 0. The molecule has 0 unspecified atom stereocenters. The zero-order valence-corrected chi connectivity index (χ0v) is 12.5. The zero-order valence-electron chi connectivity index (χ0n) is 10.8. The number of fused-ring (bicyclic) bond motifs is 2. The van der Waals surface area contributed by atoms with Crippen molar-refractivity contribution in [3.63, 3.8) is 0 Å². The highest BCUT2D eigenvalue weighted by Crippen LogP contribution is 2.47. The van der Waals surface area contributed by atoms with Crippen molar-refractivity contribution in [2.45, 2.75) is 24.5 Å². The minimum Gasteiger partial charge on any atom is -0.0795 e. The summed E-state index contributed by atoms with van der Waals surface area (Å²) in [7, 11) is 0.0212. The maximum Gasteiger partial charge on any atom is 0.180 e. The fourth-order valence-electron chi connectivity index (χ4n) is 2.45. The Bertz CT molecular complexity index is 705. The SMILES string of the molecule is c1ccc([S+]2c3ccccc3Sc3ccccc32)cc1. The van der Waals surface area contributed by atoms with Crippen molar-refractivity contribution in [1.82, 2.24) is 0 Å². The summed E-state index contributed by atoms with van der Waals surface area (Å²) in [4.78, 5) is 7.06. The van der Waals surface area contributed by atoms with Gasteiger partial charge in [-0.2, -0.15) is 0 Å². The monoisotopic (exact) mass is 293 g/mol. The summed E-state index contributed by atoms with van der Waals surface area (Å²) in [5.41, 5.74) is 0. The lowest BCUT2D eigenvalue weighted by atomic mass is 10.3. The van der Waals surface area contributed by atoms with E-state index in [2.05, 4.69) is 78.9 Å². The highest BCUT2D eigenvalue weighted by molar-refractivity contribution is 8.04. The van der Waals surface area contributed by atoms with E-state index in [0.717, 1.165) is 0 Å². The molecular formula is C18H13S2+. The summed E-state index contributed by atoms with van der Waals surface area (Å²) < 4.78 is 0. The Morgan fingerprint density at radius 3 is 1.65 bits per heavy atom. The van der Waals surface area contributed by atoms with Gasteiger partial charge in [0.1, 0.15) is 10.9 Å². The summed E-state index contributed by atoms with van der Waals surface area (Å²) in [5, 5.41) is 0. The third-order valence-electron chi connectivity index (χ3n) is 3.34. The van der Waals surface area contributed by atoms with Crippen LogP contribution in [-0.4, -0.2) is 0 Å². The van der Waals surface area contributed by atoms with Crippen LogP contribution < -0.4 is 0 Å². The number of hydrogen-bond acceptors (Lipinski definition) is 1. The number of rotatable bonds is 1. The summed E-state index contributed by atoms with van der Waals surface area (Å²) in [6.07, 6.45) is 0. The van der Waals surface area contributed by atoms with Gasteiger partial charge in [0, 0.05) is 0 Å². The van der Waals surface area contributed by atoms with Gasteiger partial charge in [-0.05, 0) is 36.4 Å². The van der Waals surface area contributed by atoms with Crippen molar-refractivity contribution in [2.24, 2.45) is 0 Å². The average molecular weight is 293 g/mol. The maximum absolute atomic E-state index is 2.27. The van der Waals surface area contributed by atoms with Gasteiger partial charge in [0.05, 0.1) is 9.79 Å². The molecular weight excluding hydrogens is 280 g/mol. The normalized spacial score (nSPS) is 13.6. The van der Waals surface area contributed by atoms with Crippen LogP contribution in [0.4, 0.5) is 0 Å². The van der Waals surface area contributed by atoms with Gasteiger partial charge >= 0.3 is 0 Å². The molecule has 3 aromatic carbocycles. The summed E-state index contributed by atoms with van der Waals surface area (Å²) in [5.74, 6) is 0. The fraction of sp³-hybridized carbons (Fsp3) is 0. The second-order valence-electron chi connectivity index (χ2n) is 4.61. The molecule has 1 heterocycles. The topological polar surface area (TPSA) is 0 Å². The molecule has 0 saturated carbocycles. The first-order valence-electron chi connectivity index (χ1n) is 6.59. The first kappa shape index (κ1) is 12.1. The van der Waals surface area contributed by atoms with E-state index in [1.54, 1.807) is 0 Å². The lowest BCUT2D eigenvalue weighted by molar-refractivity contribution is 1.12. The lowest BCUT2D eigenvalue weighted by Gasteiger charge is -2.18. The Hall–Kier alpha value is -1.64. The molecule has 20 heavy (non-hydrogen) atoms. The molecule has 0 N–H and O–H groups in total. The third-order valence-corrected chi connectivity index (χ3v) is 7.08. The molecule has 96 valence electrons. The van der Waals surface area contributed by atoms with Crippen LogP contribution in [0, 0.1) is 0 Å². The second-order valence-corrected chi connectivity index (χ2v) is 7.66. The van der Waals surface area contributed by atoms with E-state index in [-0.39, 0.29) is 10.9 Å². The predicted octanol–water partition coefficient (Wildman–Crippen LogP) is 5.25. The zero-order chi connectivity index (χ0) is 13.4. The molecule has 0 saturated heterocycles. The van der Waals surface area contributed by atoms with Crippen molar-refractivity contribution in [2.75, 3.05) is 0 Å². The van der Waals surface area contributed by atoms with Crippen LogP contribution in [0.2, 0.25) is 0 Å². The van der Waals surface area contributed by atoms with E-state index in [0.29, 0.717) is 0 Å². The molecule has 0 amide bonds. The van der Waals surface area contributed by atoms with E-state index in [1.807, 2.05) is 11.8 Å². The molecule has 1 aliphatic rings. The molecule has 0 spiro atoms. The Kier molecular flexibility index (Phi) is 3.06. The van der Waals surface area contributed by atoms with E-state index in [9.17, 15) is 0 Å². The first-order valence-corrected chi connectivity index (χ1v) is 8.63. The molecule has 0 aliphatic carbocycles. The average Bonchev–Trinajstić information content (AvgIpc) is 2.53. The van der Waals surface area contributed by atoms with Gasteiger partial charge in [-0.1, -0.05) is 54.2 Å². The van der Waals surface area contributed by atoms with E-state index in [1.165, 1.54) is 24.5 Å². The Morgan fingerprint density at radius 1 is 0.550 bits per heavy atom. The van der Waals surface area contributed by atoms with Gasteiger partial charge in [-0.15, -0.1) is 0 Å². The fourth-order valence-corrected chi connectivity index (χ4v) is 6.21. The molecule has 1 aliphatic heterocycles. The van der Waals surface area contributed by atoms with Crippen LogP contribution in [0.15, 0.2) is 103 Å². The van der Waals surface area contributed by atoms with Crippen molar-refractivity contribution in [1.29, 1.82) is 0 Å². The van der Waals surface area contributed by atoms with Crippen molar-refractivity contribution >= 4 is 22.7 Å². The summed E-state index contributed by atoms with van der Waals surface area (Å²) in [6, 6.07) is 28.4. The first-order chi connectivity index (χ1) is 9.93. The smallest absolute Gasteiger partial charge is 0.0795 e.